The zero-order chi connectivity index (χ0) is 11.1. The van der Waals surface area contributed by atoms with Crippen molar-refractivity contribution in [1.82, 2.24) is 14.5 Å². The quantitative estimate of drug-likeness (QED) is 0.697. The van der Waals surface area contributed by atoms with E-state index in [1.54, 1.807) is 17.5 Å². The van der Waals surface area contributed by atoms with Crippen molar-refractivity contribution in [2.75, 3.05) is 5.73 Å². The average Bonchev–Trinajstić information content (AvgIpc) is 2.84. The van der Waals surface area contributed by atoms with E-state index in [4.69, 9.17) is 5.73 Å². The van der Waals surface area contributed by atoms with Crippen LogP contribution in [0, 0.1) is 0 Å². The van der Waals surface area contributed by atoms with Crippen LogP contribution in [-0.2, 0) is 7.05 Å². The second-order valence-electron chi connectivity index (χ2n) is 3.55. The van der Waals surface area contributed by atoms with Crippen LogP contribution in [0.1, 0.15) is 0 Å². The number of pyridine rings is 1. The summed E-state index contributed by atoms with van der Waals surface area (Å²) in [5.41, 5.74) is 8.44. The topological polar surface area (TPSA) is 56.7 Å². The molecule has 80 valence electrons. The molecule has 0 spiro atoms. The number of aromatic nitrogens is 3. The van der Waals surface area contributed by atoms with Crippen LogP contribution < -0.4 is 5.73 Å². The molecule has 4 nitrogen and oxygen atoms in total. The number of hydrogen-bond acceptors (Lipinski definition) is 4. The normalized spacial score (nSPS) is 11.1. The molecule has 5 heteroatoms. The number of nitrogen functional groups attached to an aromatic ring is 1. The van der Waals surface area contributed by atoms with Gasteiger partial charge in [0.15, 0.2) is 11.5 Å². The molecule has 0 aliphatic heterocycles. The number of nitrogens with two attached hydrogens (primary N) is 1. The van der Waals surface area contributed by atoms with Crippen LogP contribution in [0.15, 0.2) is 29.8 Å². The Morgan fingerprint density at radius 2 is 2.25 bits per heavy atom. The second kappa shape index (κ2) is 3.31. The molecule has 3 heterocycles. The molecule has 16 heavy (non-hydrogen) atoms. The van der Waals surface area contributed by atoms with E-state index >= 15 is 0 Å². The van der Waals surface area contributed by atoms with Crippen LogP contribution in [0.25, 0.3) is 21.9 Å². The summed E-state index contributed by atoms with van der Waals surface area (Å²) in [6, 6.07) is 5.81. The van der Waals surface area contributed by atoms with Gasteiger partial charge >= 0.3 is 0 Å². The van der Waals surface area contributed by atoms with Crippen LogP contribution in [-0.4, -0.2) is 14.5 Å². The lowest BCUT2D eigenvalue weighted by molar-refractivity contribution is 0.963. The molecule has 0 saturated carbocycles. The number of nitrogens with zero attached hydrogens (tertiary/aromatic N) is 3. The largest absolute Gasteiger partial charge is 0.397 e. The molecular weight excluding hydrogens is 220 g/mol. The fourth-order valence-electron chi connectivity index (χ4n) is 1.73. The molecule has 2 N–H and O–H groups in total. The molecule has 0 saturated heterocycles. The van der Waals surface area contributed by atoms with Gasteiger partial charge in [-0.25, -0.2) is 9.97 Å². The summed E-state index contributed by atoms with van der Waals surface area (Å²) in [4.78, 5) is 9.73. The first kappa shape index (κ1) is 9.35. The highest BCUT2D eigenvalue weighted by Gasteiger charge is 2.13. The van der Waals surface area contributed by atoms with Crippen LogP contribution in [0.2, 0.25) is 0 Å². The number of aryl methyl sites for hydroxylation is 1. The molecule has 0 aliphatic carbocycles. The Morgan fingerprint density at radius 1 is 1.38 bits per heavy atom. The standard InChI is InChI=1S/C11H10N4S/c1-15-8-3-2-5-13-10(8)14-11(15)9-7(12)4-6-16-9/h2-6H,12H2,1H3. The third-order valence-electron chi connectivity index (χ3n) is 2.56. The van der Waals surface area contributed by atoms with Gasteiger partial charge < -0.3 is 10.3 Å². The van der Waals surface area contributed by atoms with E-state index in [1.807, 2.05) is 35.2 Å². The Balaban J connectivity index is 2.33. The summed E-state index contributed by atoms with van der Waals surface area (Å²) in [7, 11) is 1.98. The van der Waals surface area contributed by atoms with Crippen molar-refractivity contribution >= 4 is 28.2 Å². The van der Waals surface area contributed by atoms with Gasteiger partial charge in [0.05, 0.1) is 16.1 Å². The highest BCUT2D eigenvalue weighted by atomic mass is 32.1. The summed E-state index contributed by atoms with van der Waals surface area (Å²) in [6.45, 7) is 0. The SMILES string of the molecule is Cn1c(-c2sccc2N)nc2ncccc21. The lowest BCUT2D eigenvalue weighted by atomic mass is 10.4. The van der Waals surface area contributed by atoms with Crippen LogP contribution >= 0.6 is 11.3 Å². The minimum Gasteiger partial charge on any atom is -0.397 e. The highest BCUT2D eigenvalue weighted by molar-refractivity contribution is 7.14. The summed E-state index contributed by atoms with van der Waals surface area (Å²) in [5.74, 6) is 0.876. The maximum absolute atomic E-state index is 5.90. The molecule has 3 aromatic heterocycles. The Kier molecular flexibility index (Phi) is 1.94. The van der Waals surface area contributed by atoms with Crippen molar-refractivity contribution < 1.29 is 0 Å². The molecule has 0 bridgehead atoms. The summed E-state index contributed by atoms with van der Waals surface area (Å²) >= 11 is 1.60. The molecule has 0 aromatic carbocycles. The van der Waals surface area contributed by atoms with Crippen molar-refractivity contribution in [3.8, 4) is 10.7 Å². The van der Waals surface area contributed by atoms with Gasteiger partial charge in [0.25, 0.3) is 0 Å². The number of imidazole rings is 1. The van der Waals surface area contributed by atoms with Crippen LogP contribution in [0.3, 0.4) is 0 Å². The molecule has 0 amide bonds. The minimum atomic E-state index is 0.757. The van der Waals surface area contributed by atoms with Crippen molar-refractivity contribution in [3.63, 3.8) is 0 Å². The van der Waals surface area contributed by atoms with E-state index in [-0.39, 0.29) is 0 Å². The average molecular weight is 230 g/mol. The maximum atomic E-state index is 5.90. The first-order chi connectivity index (χ1) is 7.77. The zero-order valence-corrected chi connectivity index (χ0v) is 9.53. The Morgan fingerprint density at radius 3 is 2.94 bits per heavy atom. The van der Waals surface area contributed by atoms with Crippen LogP contribution in [0.4, 0.5) is 5.69 Å². The Bertz CT molecular complexity index is 653. The Hall–Kier alpha value is -1.88. The first-order valence-electron chi connectivity index (χ1n) is 4.88. The first-order valence-corrected chi connectivity index (χ1v) is 5.76. The summed E-state index contributed by atoms with van der Waals surface area (Å²) < 4.78 is 2.02. The van der Waals surface area contributed by atoms with Crippen molar-refractivity contribution in [1.29, 1.82) is 0 Å². The summed E-state index contributed by atoms with van der Waals surface area (Å²) in [5, 5.41) is 1.97. The van der Waals surface area contributed by atoms with Crippen molar-refractivity contribution in [2.45, 2.75) is 0 Å². The van der Waals surface area contributed by atoms with E-state index in [0.717, 1.165) is 27.6 Å². The van der Waals surface area contributed by atoms with E-state index in [0.29, 0.717) is 0 Å². The van der Waals surface area contributed by atoms with Gasteiger partial charge in [-0.05, 0) is 23.6 Å². The smallest absolute Gasteiger partial charge is 0.178 e. The molecule has 0 atom stereocenters. The minimum absolute atomic E-state index is 0.757. The van der Waals surface area contributed by atoms with E-state index in [1.165, 1.54) is 0 Å². The van der Waals surface area contributed by atoms with Crippen molar-refractivity contribution in [2.24, 2.45) is 7.05 Å². The predicted octanol–water partition coefficient (Wildman–Crippen LogP) is 2.28. The van der Waals surface area contributed by atoms with E-state index in [2.05, 4.69) is 9.97 Å². The maximum Gasteiger partial charge on any atom is 0.178 e. The van der Waals surface area contributed by atoms with E-state index in [9.17, 15) is 0 Å². The molecule has 0 radical (unpaired) electrons. The Labute approximate surface area is 96.4 Å². The van der Waals surface area contributed by atoms with Gasteiger partial charge in [-0.1, -0.05) is 0 Å². The van der Waals surface area contributed by atoms with Gasteiger partial charge in [-0.3, -0.25) is 0 Å². The molecule has 0 unspecified atom stereocenters. The van der Waals surface area contributed by atoms with E-state index < -0.39 is 0 Å². The number of anilines is 1. The monoisotopic (exact) mass is 230 g/mol. The third-order valence-corrected chi connectivity index (χ3v) is 3.48. The molecule has 3 rings (SSSR count). The lowest BCUT2D eigenvalue weighted by Gasteiger charge is -2.00. The fourth-order valence-corrected chi connectivity index (χ4v) is 2.57. The fraction of sp³-hybridized carbons (Fsp3) is 0.0909. The number of thiophene rings is 1. The third kappa shape index (κ3) is 1.22. The lowest BCUT2D eigenvalue weighted by Crippen LogP contribution is -1.93. The predicted molar refractivity (Wildman–Crippen MR) is 66.2 cm³/mol. The second-order valence-corrected chi connectivity index (χ2v) is 4.46. The zero-order valence-electron chi connectivity index (χ0n) is 8.71. The van der Waals surface area contributed by atoms with Gasteiger partial charge in [-0.2, -0.15) is 0 Å². The molecule has 0 fully saturated rings. The molecule has 3 aromatic rings. The molecule has 0 aliphatic rings. The van der Waals surface area contributed by atoms with Gasteiger partial charge in [0.1, 0.15) is 0 Å². The van der Waals surface area contributed by atoms with Crippen molar-refractivity contribution in [3.05, 3.63) is 29.8 Å². The van der Waals surface area contributed by atoms with Gasteiger partial charge in [-0.15, -0.1) is 11.3 Å². The highest BCUT2D eigenvalue weighted by Crippen LogP contribution is 2.31. The number of hydrogen-bond donors (Lipinski definition) is 1. The van der Waals surface area contributed by atoms with Gasteiger partial charge in [0.2, 0.25) is 0 Å². The molecular formula is C11H10N4S. The van der Waals surface area contributed by atoms with Crippen LogP contribution in [0.5, 0.6) is 0 Å². The number of rotatable bonds is 1. The summed E-state index contributed by atoms with van der Waals surface area (Å²) in [6.07, 6.45) is 1.75. The number of fused-ring (bicyclic) bond motifs is 1. The van der Waals surface area contributed by atoms with Gasteiger partial charge in [0, 0.05) is 13.2 Å².